The van der Waals surface area contributed by atoms with Crippen LogP contribution in [0.5, 0.6) is 5.75 Å². The minimum absolute atomic E-state index is 0.101. The van der Waals surface area contributed by atoms with Crippen molar-refractivity contribution in [3.8, 4) is 5.75 Å². The second kappa shape index (κ2) is 7.77. The summed E-state index contributed by atoms with van der Waals surface area (Å²) in [6.45, 7) is 6.46. The molecule has 0 amide bonds. The summed E-state index contributed by atoms with van der Waals surface area (Å²) >= 11 is 0. The number of hydrogen-bond acceptors (Lipinski definition) is 3. The molecule has 4 heteroatoms. The van der Waals surface area contributed by atoms with E-state index in [9.17, 15) is 0 Å². The molecule has 2 aromatic heterocycles. The summed E-state index contributed by atoms with van der Waals surface area (Å²) in [4.78, 5) is 7.89. The number of ether oxygens (including phenoxy) is 1. The van der Waals surface area contributed by atoms with Gasteiger partial charge < -0.3 is 15.0 Å². The number of nitrogens with zero attached hydrogens (tertiary/aromatic N) is 1. The number of benzene rings is 1. The number of anilines is 1. The van der Waals surface area contributed by atoms with E-state index in [4.69, 9.17) is 4.74 Å². The van der Waals surface area contributed by atoms with Gasteiger partial charge in [-0.2, -0.15) is 0 Å². The Kier molecular flexibility index (Phi) is 5.02. The lowest BCUT2D eigenvalue weighted by atomic mass is 9.94. The molecule has 4 rings (SSSR count). The molecule has 1 atom stereocenters. The van der Waals surface area contributed by atoms with Gasteiger partial charge >= 0.3 is 0 Å². The van der Waals surface area contributed by atoms with Crippen molar-refractivity contribution < 1.29 is 4.74 Å². The van der Waals surface area contributed by atoms with Gasteiger partial charge in [-0.3, -0.25) is 4.98 Å². The van der Waals surface area contributed by atoms with Crippen molar-refractivity contribution in [3.05, 3.63) is 82.8 Å². The van der Waals surface area contributed by atoms with Crippen molar-refractivity contribution in [1.82, 2.24) is 9.97 Å². The normalized spacial score (nSPS) is 13.6. The van der Waals surface area contributed by atoms with Crippen molar-refractivity contribution in [3.63, 3.8) is 0 Å². The van der Waals surface area contributed by atoms with Crippen LogP contribution in [0.15, 0.2) is 55.4 Å². The highest BCUT2D eigenvalue weighted by Crippen LogP contribution is 2.31. The molecule has 0 saturated carbocycles. The molecular weight excluding hydrogens is 346 g/mol. The number of hydrogen-bond donors (Lipinski definition) is 2. The molecule has 28 heavy (non-hydrogen) atoms. The first kappa shape index (κ1) is 18.1. The predicted molar refractivity (Wildman–Crippen MR) is 116 cm³/mol. The number of nitrogens with one attached hydrogen (secondary N) is 2. The second-order valence-electron chi connectivity index (χ2n) is 7.08. The molecule has 4 nitrogen and oxygen atoms in total. The van der Waals surface area contributed by atoms with Gasteiger partial charge in [-0.15, -0.1) is 0 Å². The minimum Gasteiger partial charge on any atom is -0.497 e. The zero-order valence-corrected chi connectivity index (χ0v) is 16.3. The lowest BCUT2D eigenvalue weighted by molar-refractivity contribution is 0.415. The van der Waals surface area contributed by atoms with Crippen LogP contribution in [-0.4, -0.2) is 17.1 Å². The van der Waals surface area contributed by atoms with Crippen LogP contribution in [0, 0.1) is 6.92 Å². The predicted octanol–water partition coefficient (Wildman–Crippen LogP) is 3.95. The summed E-state index contributed by atoms with van der Waals surface area (Å²) in [6.07, 6.45) is 10.7. The maximum absolute atomic E-state index is 5.38. The Bertz CT molecular complexity index is 1110. The molecule has 0 saturated heterocycles. The minimum atomic E-state index is -0.101. The van der Waals surface area contributed by atoms with Crippen LogP contribution in [0.4, 0.5) is 5.69 Å². The average Bonchev–Trinajstić information content (AvgIpc) is 3.17. The van der Waals surface area contributed by atoms with Crippen molar-refractivity contribution in [2.45, 2.75) is 25.8 Å². The first-order valence-corrected chi connectivity index (χ1v) is 9.56. The quantitative estimate of drug-likeness (QED) is 0.690. The zero-order chi connectivity index (χ0) is 19.5. The molecule has 142 valence electrons. The average molecular weight is 371 g/mol. The molecule has 1 aliphatic carbocycles. The molecule has 0 bridgehead atoms. The highest BCUT2D eigenvalue weighted by atomic mass is 16.5. The third kappa shape index (κ3) is 3.58. The SMILES string of the molecule is C=C(c1c[nH]c2c1=CCCC=2)C(Nc1cccc(OC)c1)c1ccc(C)nc1. The molecular formula is C24H25N3O. The van der Waals surface area contributed by atoms with E-state index in [-0.39, 0.29) is 6.04 Å². The Balaban J connectivity index is 1.75. The highest BCUT2D eigenvalue weighted by Gasteiger charge is 2.19. The number of aromatic nitrogens is 2. The van der Waals surface area contributed by atoms with E-state index in [1.165, 1.54) is 10.6 Å². The van der Waals surface area contributed by atoms with Crippen molar-refractivity contribution >= 4 is 23.4 Å². The van der Waals surface area contributed by atoms with E-state index >= 15 is 0 Å². The Morgan fingerprint density at radius 3 is 2.86 bits per heavy atom. The molecule has 0 fully saturated rings. The van der Waals surface area contributed by atoms with Crippen molar-refractivity contribution in [1.29, 1.82) is 0 Å². The number of rotatable bonds is 6. The van der Waals surface area contributed by atoms with Crippen LogP contribution in [0.25, 0.3) is 17.7 Å². The molecule has 0 aliphatic heterocycles. The van der Waals surface area contributed by atoms with Crippen LogP contribution in [-0.2, 0) is 0 Å². The molecule has 0 spiro atoms. The molecule has 2 heterocycles. The van der Waals surface area contributed by atoms with Gasteiger partial charge in [0.15, 0.2) is 0 Å². The van der Waals surface area contributed by atoms with Crippen molar-refractivity contribution in [2.75, 3.05) is 12.4 Å². The number of H-pyrrole nitrogens is 1. The number of methoxy groups -OCH3 is 1. The standard InChI is InChI=1S/C24H25N3O/c1-16-11-12-18(14-25-16)24(27-19-7-6-8-20(13-19)28-3)17(2)22-15-26-23-10-5-4-9-21(22)23/h6-15,24,26-27H,2,4-5H2,1,3H3. The van der Waals surface area contributed by atoms with E-state index in [0.29, 0.717) is 0 Å². The fourth-order valence-electron chi connectivity index (χ4n) is 3.62. The summed E-state index contributed by atoms with van der Waals surface area (Å²) in [5.74, 6) is 0.818. The van der Waals surface area contributed by atoms with Gasteiger partial charge in [0.2, 0.25) is 0 Å². The fraction of sp³-hybridized carbons (Fsp3) is 0.208. The van der Waals surface area contributed by atoms with Crippen LogP contribution in [0.1, 0.15) is 35.7 Å². The zero-order valence-electron chi connectivity index (χ0n) is 16.3. The van der Waals surface area contributed by atoms with Gasteiger partial charge in [0, 0.05) is 46.0 Å². The summed E-state index contributed by atoms with van der Waals surface area (Å²) in [6, 6.07) is 12.0. The maximum atomic E-state index is 5.38. The summed E-state index contributed by atoms with van der Waals surface area (Å²) in [7, 11) is 1.68. The van der Waals surface area contributed by atoms with Gasteiger partial charge in [-0.1, -0.05) is 30.9 Å². The number of pyridine rings is 1. The molecule has 1 unspecified atom stereocenters. The lowest BCUT2D eigenvalue weighted by Crippen LogP contribution is -2.28. The topological polar surface area (TPSA) is 49.9 Å². The van der Waals surface area contributed by atoms with E-state index in [1.807, 2.05) is 43.5 Å². The van der Waals surface area contributed by atoms with E-state index in [1.54, 1.807) is 7.11 Å². The van der Waals surface area contributed by atoms with Crippen molar-refractivity contribution in [2.24, 2.45) is 0 Å². The Labute approximate surface area is 165 Å². The molecule has 2 N–H and O–H groups in total. The Morgan fingerprint density at radius 2 is 2.07 bits per heavy atom. The Hall–Kier alpha value is -3.27. The van der Waals surface area contributed by atoms with Gasteiger partial charge in [0.05, 0.1) is 13.2 Å². The van der Waals surface area contributed by atoms with Gasteiger partial charge in [-0.05, 0) is 49.1 Å². The number of fused-ring (bicyclic) bond motifs is 1. The smallest absolute Gasteiger partial charge is 0.120 e. The lowest BCUT2D eigenvalue weighted by Gasteiger charge is -2.23. The van der Waals surface area contributed by atoms with E-state index < -0.39 is 0 Å². The molecule has 0 radical (unpaired) electrons. The fourth-order valence-corrected chi connectivity index (χ4v) is 3.62. The molecule has 3 aromatic rings. The Morgan fingerprint density at radius 1 is 1.21 bits per heavy atom. The third-order valence-corrected chi connectivity index (χ3v) is 5.16. The monoisotopic (exact) mass is 371 g/mol. The van der Waals surface area contributed by atoms with Crippen LogP contribution < -0.4 is 20.6 Å². The van der Waals surface area contributed by atoms with Crippen LogP contribution in [0.3, 0.4) is 0 Å². The number of aryl methyl sites for hydroxylation is 1. The molecule has 1 aromatic carbocycles. The first-order chi connectivity index (χ1) is 13.7. The van der Waals surface area contributed by atoms with Gasteiger partial charge in [0.25, 0.3) is 0 Å². The summed E-state index contributed by atoms with van der Waals surface area (Å²) < 4.78 is 5.38. The largest absolute Gasteiger partial charge is 0.497 e. The van der Waals surface area contributed by atoms with E-state index in [0.717, 1.165) is 46.7 Å². The summed E-state index contributed by atoms with van der Waals surface area (Å²) in [5.41, 5.74) is 5.21. The van der Waals surface area contributed by atoms with Gasteiger partial charge in [-0.25, -0.2) is 0 Å². The third-order valence-electron chi connectivity index (χ3n) is 5.16. The second-order valence-corrected chi connectivity index (χ2v) is 7.08. The van der Waals surface area contributed by atoms with Crippen LogP contribution in [0.2, 0.25) is 0 Å². The first-order valence-electron chi connectivity index (χ1n) is 9.56. The van der Waals surface area contributed by atoms with Crippen LogP contribution >= 0.6 is 0 Å². The number of aromatic amines is 1. The molecule has 1 aliphatic rings. The maximum Gasteiger partial charge on any atom is 0.120 e. The van der Waals surface area contributed by atoms with Gasteiger partial charge in [0.1, 0.15) is 5.75 Å². The highest BCUT2D eigenvalue weighted by molar-refractivity contribution is 5.74. The summed E-state index contributed by atoms with van der Waals surface area (Å²) in [5, 5.41) is 6.06. The van der Waals surface area contributed by atoms with E-state index in [2.05, 4.69) is 46.3 Å².